The normalized spacial score (nSPS) is 28.6. The molecule has 0 amide bonds. The number of nitrogens with two attached hydrogens (primary N) is 1. The van der Waals surface area contributed by atoms with Gasteiger partial charge in [0.2, 0.25) is 0 Å². The molecule has 2 rings (SSSR count). The number of benzene rings is 1. The van der Waals surface area contributed by atoms with Crippen LogP contribution >= 0.6 is 0 Å². The monoisotopic (exact) mass is 205 g/mol. The number of rotatable bonds is 2. The Balaban J connectivity index is 2.24. The first-order chi connectivity index (χ1) is 7.09. The summed E-state index contributed by atoms with van der Waals surface area (Å²) in [4.78, 5) is 11.4. The number of esters is 1. The van der Waals surface area contributed by atoms with Crippen molar-refractivity contribution in [1.82, 2.24) is 0 Å². The van der Waals surface area contributed by atoms with Gasteiger partial charge in [-0.05, 0) is 24.5 Å². The predicted octanol–water partition coefficient (Wildman–Crippen LogP) is 1.35. The number of aryl methyl sites for hydroxylation is 1. The molecule has 2 N–H and O–H groups in total. The average Bonchev–Trinajstić information content (AvgIpc) is 2.91. The summed E-state index contributed by atoms with van der Waals surface area (Å²) < 4.78 is 4.70. The second-order valence-corrected chi connectivity index (χ2v) is 4.15. The largest absolute Gasteiger partial charge is 0.468 e. The fourth-order valence-corrected chi connectivity index (χ4v) is 2.06. The molecule has 0 aromatic heterocycles. The SMILES string of the molecule is COC(=O)C1(N)CC1c1ccccc1C. The van der Waals surface area contributed by atoms with Gasteiger partial charge < -0.3 is 10.5 Å². The molecule has 1 saturated carbocycles. The van der Waals surface area contributed by atoms with E-state index in [9.17, 15) is 4.79 Å². The molecule has 80 valence electrons. The Hall–Kier alpha value is -1.35. The Morgan fingerprint density at radius 1 is 1.53 bits per heavy atom. The van der Waals surface area contributed by atoms with E-state index in [1.54, 1.807) is 0 Å². The summed E-state index contributed by atoms with van der Waals surface area (Å²) in [6, 6.07) is 8.01. The summed E-state index contributed by atoms with van der Waals surface area (Å²) in [6.07, 6.45) is 0.685. The van der Waals surface area contributed by atoms with Crippen LogP contribution in [0, 0.1) is 6.92 Å². The van der Waals surface area contributed by atoms with Crippen molar-refractivity contribution < 1.29 is 9.53 Å². The lowest BCUT2D eigenvalue weighted by Crippen LogP contribution is -2.36. The second-order valence-electron chi connectivity index (χ2n) is 4.15. The lowest BCUT2D eigenvalue weighted by atomic mass is 10.0. The van der Waals surface area contributed by atoms with E-state index in [-0.39, 0.29) is 11.9 Å². The van der Waals surface area contributed by atoms with E-state index in [4.69, 9.17) is 10.5 Å². The minimum atomic E-state index is -0.791. The molecule has 0 heterocycles. The Morgan fingerprint density at radius 2 is 2.20 bits per heavy atom. The quantitative estimate of drug-likeness (QED) is 0.741. The molecule has 1 aliphatic carbocycles. The molecule has 1 fully saturated rings. The highest BCUT2D eigenvalue weighted by molar-refractivity contribution is 5.86. The van der Waals surface area contributed by atoms with Crippen LogP contribution in [0.15, 0.2) is 24.3 Å². The van der Waals surface area contributed by atoms with Crippen LogP contribution in [0.2, 0.25) is 0 Å². The van der Waals surface area contributed by atoms with E-state index in [0.717, 1.165) is 5.56 Å². The Kier molecular flexibility index (Phi) is 2.27. The van der Waals surface area contributed by atoms with Gasteiger partial charge in [-0.1, -0.05) is 24.3 Å². The molecule has 2 unspecified atom stereocenters. The smallest absolute Gasteiger partial charge is 0.326 e. The third-order valence-electron chi connectivity index (χ3n) is 3.13. The highest BCUT2D eigenvalue weighted by Gasteiger charge is 2.59. The highest BCUT2D eigenvalue weighted by Crippen LogP contribution is 2.50. The molecule has 0 saturated heterocycles. The van der Waals surface area contributed by atoms with Crippen molar-refractivity contribution in [3.63, 3.8) is 0 Å². The van der Waals surface area contributed by atoms with Gasteiger partial charge >= 0.3 is 5.97 Å². The van der Waals surface area contributed by atoms with Crippen LogP contribution in [0.3, 0.4) is 0 Å². The number of hydrogen-bond acceptors (Lipinski definition) is 3. The van der Waals surface area contributed by atoms with E-state index in [0.29, 0.717) is 6.42 Å². The van der Waals surface area contributed by atoms with Crippen LogP contribution in [-0.4, -0.2) is 18.6 Å². The van der Waals surface area contributed by atoms with Crippen molar-refractivity contribution >= 4 is 5.97 Å². The molecule has 2 atom stereocenters. The van der Waals surface area contributed by atoms with Gasteiger partial charge in [0, 0.05) is 5.92 Å². The third kappa shape index (κ3) is 1.53. The van der Waals surface area contributed by atoms with Gasteiger partial charge in [-0.15, -0.1) is 0 Å². The minimum Gasteiger partial charge on any atom is -0.468 e. The van der Waals surface area contributed by atoms with Crippen LogP contribution in [0.25, 0.3) is 0 Å². The standard InChI is InChI=1S/C12H15NO2/c1-8-5-3-4-6-9(8)10-7-12(10,13)11(14)15-2/h3-6,10H,7,13H2,1-2H3. The molecule has 15 heavy (non-hydrogen) atoms. The zero-order valence-electron chi connectivity index (χ0n) is 8.99. The molecule has 1 aliphatic rings. The van der Waals surface area contributed by atoms with E-state index >= 15 is 0 Å². The van der Waals surface area contributed by atoms with Gasteiger partial charge in [-0.25, -0.2) is 0 Å². The first kappa shape index (κ1) is 10.2. The molecule has 0 spiro atoms. The van der Waals surface area contributed by atoms with Gasteiger partial charge in [-0.3, -0.25) is 4.79 Å². The minimum absolute atomic E-state index is 0.117. The van der Waals surface area contributed by atoms with Crippen molar-refractivity contribution in [2.45, 2.75) is 24.8 Å². The Morgan fingerprint density at radius 3 is 2.80 bits per heavy atom. The molecule has 3 heteroatoms. The fourth-order valence-electron chi connectivity index (χ4n) is 2.06. The summed E-state index contributed by atoms with van der Waals surface area (Å²) in [6.45, 7) is 2.03. The zero-order chi connectivity index (χ0) is 11.1. The fraction of sp³-hybridized carbons (Fsp3) is 0.417. The van der Waals surface area contributed by atoms with Crippen molar-refractivity contribution in [2.75, 3.05) is 7.11 Å². The lowest BCUT2D eigenvalue weighted by Gasteiger charge is -2.10. The van der Waals surface area contributed by atoms with Gasteiger partial charge in [0.15, 0.2) is 0 Å². The van der Waals surface area contributed by atoms with Gasteiger partial charge in [0.25, 0.3) is 0 Å². The van der Waals surface area contributed by atoms with Crippen molar-refractivity contribution in [2.24, 2.45) is 5.73 Å². The van der Waals surface area contributed by atoms with Crippen LogP contribution in [0.5, 0.6) is 0 Å². The Labute approximate surface area is 89.2 Å². The van der Waals surface area contributed by atoms with E-state index in [1.165, 1.54) is 12.7 Å². The van der Waals surface area contributed by atoms with Gasteiger partial charge in [0.1, 0.15) is 5.54 Å². The molecule has 3 nitrogen and oxygen atoms in total. The molecule has 1 aromatic carbocycles. The summed E-state index contributed by atoms with van der Waals surface area (Å²) in [5, 5.41) is 0. The van der Waals surface area contributed by atoms with Crippen LogP contribution in [0.1, 0.15) is 23.5 Å². The maximum absolute atomic E-state index is 11.4. The average molecular weight is 205 g/mol. The van der Waals surface area contributed by atoms with Crippen LogP contribution in [0.4, 0.5) is 0 Å². The van der Waals surface area contributed by atoms with E-state index < -0.39 is 5.54 Å². The first-order valence-electron chi connectivity index (χ1n) is 5.02. The van der Waals surface area contributed by atoms with Gasteiger partial charge in [0.05, 0.1) is 7.11 Å². The van der Waals surface area contributed by atoms with Gasteiger partial charge in [-0.2, -0.15) is 0 Å². The van der Waals surface area contributed by atoms with Crippen molar-refractivity contribution in [1.29, 1.82) is 0 Å². The molecule has 0 radical (unpaired) electrons. The van der Waals surface area contributed by atoms with E-state index in [2.05, 4.69) is 0 Å². The zero-order valence-corrected chi connectivity index (χ0v) is 8.99. The predicted molar refractivity (Wildman–Crippen MR) is 57.5 cm³/mol. The molecular formula is C12H15NO2. The second kappa shape index (κ2) is 3.35. The number of carbonyl (C=O) groups excluding carboxylic acids is 1. The Bertz CT molecular complexity index is 402. The number of hydrogen-bond donors (Lipinski definition) is 1. The number of carbonyl (C=O) groups is 1. The number of ether oxygens (including phenoxy) is 1. The summed E-state index contributed by atoms with van der Waals surface area (Å²) in [5.74, 6) is -0.193. The molecule has 1 aromatic rings. The first-order valence-corrected chi connectivity index (χ1v) is 5.02. The van der Waals surface area contributed by atoms with Crippen LogP contribution in [-0.2, 0) is 9.53 Å². The summed E-state index contributed by atoms with van der Waals surface area (Å²) in [5.41, 5.74) is 7.52. The van der Waals surface area contributed by atoms with E-state index in [1.807, 2.05) is 31.2 Å². The maximum Gasteiger partial charge on any atom is 0.326 e. The topological polar surface area (TPSA) is 52.3 Å². The summed E-state index contributed by atoms with van der Waals surface area (Å²) >= 11 is 0. The third-order valence-corrected chi connectivity index (χ3v) is 3.13. The summed E-state index contributed by atoms with van der Waals surface area (Å²) in [7, 11) is 1.38. The highest BCUT2D eigenvalue weighted by atomic mass is 16.5. The van der Waals surface area contributed by atoms with Crippen molar-refractivity contribution in [3.05, 3.63) is 35.4 Å². The number of methoxy groups -OCH3 is 1. The molecular weight excluding hydrogens is 190 g/mol. The maximum atomic E-state index is 11.4. The van der Waals surface area contributed by atoms with Crippen molar-refractivity contribution in [3.8, 4) is 0 Å². The molecule has 0 bridgehead atoms. The lowest BCUT2D eigenvalue weighted by molar-refractivity contribution is -0.143. The molecule has 0 aliphatic heterocycles. The van der Waals surface area contributed by atoms with Crippen LogP contribution < -0.4 is 5.73 Å².